The van der Waals surface area contributed by atoms with E-state index < -0.39 is 0 Å². The molecule has 1 aliphatic carbocycles. The van der Waals surface area contributed by atoms with E-state index in [2.05, 4.69) is 29.4 Å². The van der Waals surface area contributed by atoms with Crippen molar-refractivity contribution < 1.29 is 0 Å². The molecule has 1 aliphatic heterocycles. The second-order valence-corrected chi connectivity index (χ2v) is 6.05. The van der Waals surface area contributed by atoms with E-state index in [0.717, 1.165) is 18.8 Å². The van der Waals surface area contributed by atoms with Crippen LogP contribution in [-0.2, 0) is 0 Å². The Balaban J connectivity index is 1.90. The SMILES string of the molecule is CN1CC2(CCCCC2)CNc2ccc(N)cc21. The quantitative estimate of drug-likeness (QED) is 0.690. The number of hydrogen-bond acceptors (Lipinski definition) is 3. The third-order valence-corrected chi connectivity index (χ3v) is 4.57. The van der Waals surface area contributed by atoms with Crippen LogP contribution in [0.25, 0.3) is 0 Å². The highest BCUT2D eigenvalue weighted by atomic mass is 15.2. The van der Waals surface area contributed by atoms with E-state index in [1.165, 1.54) is 43.5 Å². The van der Waals surface area contributed by atoms with Crippen molar-refractivity contribution in [2.75, 3.05) is 36.1 Å². The highest BCUT2D eigenvalue weighted by Gasteiger charge is 2.35. The zero-order chi connectivity index (χ0) is 12.6. The van der Waals surface area contributed by atoms with Gasteiger partial charge in [0.1, 0.15) is 0 Å². The molecule has 0 amide bonds. The van der Waals surface area contributed by atoms with Gasteiger partial charge in [0.2, 0.25) is 0 Å². The number of nitrogen functional groups attached to an aromatic ring is 1. The fraction of sp³-hybridized carbons (Fsp3) is 0.600. The summed E-state index contributed by atoms with van der Waals surface area (Å²) in [6, 6.07) is 6.19. The van der Waals surface area contributed by atoms with Crippen molar-refractivity contribution in [3.05, 3.63) is 18.2 Å². The Morgan fingerprint density at radius 3 is 2.78 bits per heavy atom. The minimum Gasteiger partial charge on any atom is -0.399 e. The summed E-state index contributed by atoms with van der Waals surface area (Å²) in [4.78, 5) is 2.39. The highest BCUT2D eigenvalue weighted by molar-refractivity contribution is 5.74. The Morgan fingerprint density at radius 1 is 1.22 bits per heavy atom. The topological polar surface area (TPSA) is 41.3 Å². The number of nitrogens with one attached hydrogen (secondary N) is 1. The molecule has 2 aliphatic rings. The number of nitrogens with two attached hydrogens (primary N) is 1. The van der Waals surface area contributed by atoms with Crippen LogP contribution in [0.15, 0.2) is 18.2 Å². The van der Waals surface area contributed by atoms with E-state index in [4.69, 9.17) is 5.73 Å². The molecule has 1 fully saturated rings. The summed E-state index contributed by atoms with van der Waals surface area (Å²) in [7, 11) is 2.20. The molecule has 1 spiro atoms. The first-order chi connectivity index (χ1) is 8.69. The minimum atomic E-state index is 0.459. The monoisotopic (exact) mass is 245 g/mol. The summed E-state index contributed by atoms with van der Waals surface area (Å²) in [6.07, 6.45) is 6.88. The van der Waals surface area contributed by atoms with E-state index in [-0.39, 0.29) is 0 Å². The molecule has 1 aromatic carbocycles. The average molecular weight is 245 g/mol. The fourth-order valence-corrected chi connectivity index (χ4v) is 3.58. The summed E-state index contributed by atoms with van der Waals surface area (Å²) >= 11 is 0. The van der Waals surface area contributed by atoms with Gasteiger partial charge in [0.25, 0.3) is 0 Å². The molecule has 0 aromatic heterocycles. The van der Waals surface area contributed by atoms with Crippen molar-refractivity contribution >= 4 is 17.1 Å². The lowest BCUT2D eigenvalue weighted by molar-refractivity contribution is 0.215. The predicted octanol–water partition coefficient (Wildman–Crippen LogP) is 3.08. The van der Waals surface area contributed by atoms with E-state index in [1.807, 2.05) is 6.07 Å². The van der Waals surface area contributed by atoms with Gasteiger partial charge in [0.05, 0.1) is 11.4 Å². The van der Waals surface area contributed by atoms with E-state index in [9.17, 15) is 0 Å². The summed E-state index contributed by atoms with van der Waals surface area (Å²) in [5.74, 6) is 0. The second kappa shape index (κ2) is 4.38. The van der Waals surface area contributed by atoms with E-state index in [0.29, 0.717) is 5.41 Å². The average Bonchev–Trinajstić information content (AvgIpc) is 2.49. The highest BCUT2D eigenvalue weighted by Crippen LogP contribution is 2.42. The molecule has 3 heteroatoms. The van der Waals surface area contributed by atoms with Crippen LogP contribution in [0.1, 0.15) is 32.1 Å². The predicted molar refractivity (Wildman–Crippen MR) is 78.1 cm³/mol. The molecule has 0 atom stereocenters. The summed E-state index contributed by atoms with van der Waals surface area (Å²) in [5, 5.41) is 3.65. The van der Waals surface area contributed by atoms with Crippen molar-refractivity contribution in [2.24, 2.45) is 5.41 Å². The number of fused-ring (bicyclic) bond motifs is 1. The molecular formula is C15H23N3. The number of benzene rings is 1. The molecule has 98 valence electrons. The first kappa shape index (κ1) is 11.7. The molecular weight excluding hydrogens is 222 g/mol. The van der Waals surface area contributed by atoms with Gasteiger partial charge in [-0.2, -0.15) is 0 Å². The minimum absolute atomic E-state index is 0.459. The van der Waals surface area contributed by atoms with Crippen LogP contribution in [0.3, 0.4) is 0 Å². The lowest BCUT2D eigenvalue weighted by atomic mass is 9.74. The lowest BCUT2D eigenvalue weighted by Gasteiger charge is -2.38. The third-order valence-electron chi connectivity index (χ3n) is 4.57. The van der Waals surface area contributed by atoms with Crippen LogP contribution in [-0.4, -0.2) is 20.1 Å². The van der Waals surface area contributed by atoms with Gasteiger partial charge < -0.3 is 16.0 Å². The number of anilines is 3. The molecule has 3 rings (SSSR count). The molecule has 0 bridgehead atoms. The molecule has 3 nitrogen and oxygen atoms in total. The maximum Gasteiger partial charge on any atom is 0.0620 e. The van der Waals surface area contributed by atoms with Crippen molar-refractivity contribution in [3.63, 3.8) is 0 Å². The molecule has 1 heterocycles. The van der Waals surface area contributed by atoms with Crippen LogP contribution >= 0.6 is 0 Å². The van der Waals surface area contributed by atoms with Gasteiger partial charge in [-0.25, -0.2) is 0 Å². The van der Waals surface area contributed by atoms with Gasteiger partial charge in [-0.1, -0.05) is 19.3 Å². The molecule has 0 unspecified atom stereocenters. The number of nitrogens with zero attached hydrogens (tertiary/aromatic N) is 1. The van der Waals surface area contributed by atoms with Crippen LogP contribution in [0.5, 0.6) is 0 Å². The summed E-state index contributed by atoms with van der Waals surface area (Å²) < 4.78 is 0. The Kier molecular flexibility index (Phi) is 2.84. The first-order valence-corrected chi connectivity index (χ1v) is 7.03. The summed E-state index contributed by atoms with van der Waals surface area (Å²) in [6.45, 7) is 2.25. The van der Waals surface area contributed by atoms with Gasteiger partial charge in [-0.3, -0.25) is 0 Å². The number of hydrogen-bond donors (Lipinski definition) is 2. The number of rotatable bonds is 0. The van der Waals surface area contributed by atoms with Crippen molar-refractivity contribution in [2.45, 2.75) is 32.1 Å². The van der Waals surface area contributed by atoms with Crippen LogP contribution < -0.4 is 16.0 Å². The van der Waals surface area contributed by atoms with Crippen LogP contribution in [0, 0.1) is 5.41 Å². The third kappa shape index (κ3) is 2.02. The zero-order valence-electron chi connectivity index (χ0n) is 11.2. The van der Waals surface area contributed by atoms with Gasteiger partial charge in [-0.05, 0) is 31.0 Å². The van der Waals surface area contributed by atoms with Crippen LogP contribution in [0.4, 0.5) is 17.1 Å². The van der Waals surface area contributed by atoms with Gasteiger partial charge in [-0.15, -0.1) is 0 Å². The van der Waals surface area contributed by atoms with Crippen LogP contribution in [0.2, 0.25) is 0 Å². The normalized spacial score (nSPS) is 22.2. The Morgan fingerprint density at radius 2 is 2.00 bits per heavy atom. The standard InChI is InChI=1S/C15H23N3/c1-18-11-15(7-3-2-4-8-15)10-17-13-6-5-12(16)9-14(13)18/h5-6,9,17H,2-4,7-8,10-11,16H2,1H3. The lowest BCUT2D eigenvalue weighted by Crippen LogP contribution is -2.40. The molecule has 18 heavy (non-hydrogen) atoms. The maximum absolute atomic E-state index is 5.91. The Labute approximate surface area is 109 Å². The summed E-state index contributed by atoms with van der Waals surface area (Å²) in [5.41, 5.74) is 9.70. The van der Waals surface area contributed by atoms with Gasteiger partial charge in [0.15, 0.2) is 0 Å². The Bertz CT molecular complexity index is 435. The molecule has 0 radical (unpaired) electrons. The van der Waals surface area contributed by atoms with E-state index >= 15 is 0 Å². The zero-order valence-corrected chi connectivity index (χ0v) is 11.2. The van der Waals surface area contributed by atoms with Crippen molar-refractivity contribution in [3.8, 4) is 0 Å². The van der Waals surface area contributed by atoms with E-state index in [1.54, 1.807) is 0 Å². The largest absolute Gasteiger partial charge is 0.399 e. The first-order valence-electron chi connectivity index (χ1n) is 7.03. The second-order valence-electron chi connectivity index (χ2n) is 6.05. The molecule has 0 saturated heterocycles. The Hall–Kier alpha value is -1.38. The molecule has 1 aromatic rings. The maximum atomic E-state index is 5.91. The molecule has 1 saturated carbocycles. The smallest absolute Gasteiger partial charge is 0.0620 e. The van der Waals surface area contributed by atoms with Gasteiger partial charge in [0, 0.05) is 31.2 Å². The van der Waals surface area contributed by atoms with Gasteiger partial charge >= 0.3 is 0 Å². The molecule has 3 N–H and O–H groups in total. The van der Waals surface area contributed by atoms with Crippen molar-refractivity contribution in [1.29, 1.82) is 0 Å². The fourth-order valence-electron chi connectivity index (χ4n) is 3.58. The van der Waals surface area contributed by atoms with Crippen molar-refractivity contribution in [1.82, 2.24) is 0 Å².